The van der Waals surface area contributed by atoms with Gasteiger partial charge in [-0.3, -0.25) is 9.20 Å². The predicted octanol–water partition coefficient (Wildman–Crippen LogP) is 6.00. The van der Waals surface area contributed by atoms with Crippen molar-refractivity contribution in [3.8, 4) is 0 Å². The summed E-state index contributed by atoms with van der Waals surface area (Å²) >= 11 is 0. The van der Waals surface area contributed by atoms with Crippen LogP contribution in [0.5, 0.6) is 0 Å². The number of aromatic nitrogens is 2. The molecule has 1 aromatic carbocycles. The number of hydrogen-bond donors (Lipinski definition) is 1. The van der Waals surface area contributed by atoms with Gasteiger partial charge in [0.15, 0.2) is 5.69 Å². The Morgan fingerprint density at radius 1 is 0.939 bits per heavy atom. The lowest BCUT2D eigenvalue weighted by Crippen LogP contribution is -2.42. The Hall–Kier alpha value is -3.04. The van der Waals surface area contributed by atoms with Gasteiger partial charge < -0.3 is 5.32 Å². The zero-order chi connectivity index (χ0) is 23.9. The van der Waals surface area contributed by atoms with Crippen molar-refractivity contribution in [2.75, 3.05) is 6.54 Å². The van der Waals surface area contributed by atoms with E-state index >= 15 is 0 Å². The number of rotatable bonds is 4. The Bertz CT molecular complexity index is 1140. The van der Waals surface area contributed by atoms with Crippen LogP contribution in [-0.2, 0) is 17.8 Å². The van der Waals surface area contributed by atoms with E-state index in [4.69, 9.17) is 0 Å². The molecular weight excluding hydrogens is 448 g/mol. The van der Waals surface area contributed by atoms with Gasteiger partial charge in [-0.05, 0) is 42.7 Å². The van der Waals surface area contributed by atoms with Crippen molar-refractivity contribution < 1.29 is 31.1 Å². The van der Waals surface area contributed by atoms with Crippen LogP contribution in [0.3, 0.4) is 0 Å². The molecule has 1 N–H and O–H groups in total. The van der Waals surface area contributed by atoms with Crippen LogP contribution in [0.2, 0.25) is 0 Å². The number of nitrogens with one attached hydrogen (secondary N) is 1. The Labute approximate surface area is 185 Å². The number of hydrogen-bond acceptors (Lipinski definition) is 2. The van der Waals surface area contributed by atoms with Gasteiger partial charge in [0, 0.05) is 18.2 Å². The Balaban J connectivity index is 1.59. The van der Waals surface area contributed by atoms with E-state index in [1.807, 2.05) is 0 Å². The summed E-state index contributed by atoms with van der Waals surface area (Å²) in [6.07, 6.45) is -4.22. The number of nitrogens with zero attached hydrogens (tertiary/aromatic N) is 2. The third-order valence-electron chi connectivity index (χ3n) is 6.24. The standard InChI is InChI=1S/C23H21F6N3O/c24-22(25,26)16-9-7-15(8-10-16)21(11-2-1-3-12-21)14-30-20(33)17-5-4-6-19-31-18(13-32(17)19)23(27,28)29/h4-10,13H,1-3,11-12,14H2,(H,30,33). The Morgan fingerprint density at radius 3 is 2.21 bits per heavy atom. The van der Waals surface area contributed by atoms with Crippen molar-refractivity contribution in [2.45, 2.75) is 49.9 Å². The number of imidazole rings is 1. The zero-order valence-corrected chi connectivity index (χ0v) is 17.4. The van der Waals surface area contributed by atoms with Gasteiger partial charge in [-0.25, -0.2) is 4.98 Å². The molecule has 0 spiro atoms. The third-order valence-corrected chi connectivity index (χ3v) is 6.24. The number of fused-ring (bicyclic) bond motifs is 1. The molecule has 0 saturated heterocycles. The first kappa shape index (κ1) is 23.1. The summed E-state index contributed by atoms with van der Waals surface area (Å²) < 4.78 is 79.1. The van der Waals surface area contributed by atoms with Crippen LogP contribution in [0.15, 0.2) is 48.7 Å². The summed E-state index contributed by atoms with van der Waals surface area (Å²) in [4.78, 5) is 16.5. The van der Waals surface area contributed by atoms with Crippen molar-refractivity contribution >= 4 is 11.6 Å². The molecule has 10 heteroatoms. The number of benzene rings is 1. The number of carbonyl (C=O) groups excluding carboxylic acids is 1. The van der Waals surface area contributed by atoms with E-state index in [1.165, 1.54) is 30.3 Å². The first-order chi connectivity index (χ1) is 15.5. The van der Waals surface area contributed by atoms with Gasteiger partial charge in [-0.15, -0.1) is 0 Å². The topological polar surface area (TPSA) is 46.4 Å². The highest BCUT2D eigenvalue weighted by molar-refractivity contribution is 5.93. The largest absolute Gasteiger partial charge is 0.434 e. The molecule has 0 atom stereocenters. The van der Waals surface area contributed by atoms with E-state index in [2.05, 4.69) is 10.3 Å². The van der Waals surface area contributed by atoms with Crippen LogP contribution in [-0.4, -0.2) is 21.8 Å². The van der Waals surface area contributed by atoms with Crippen LogP contribution in [0.25, 0.3) is 5.65 Å². The minimum absolute atomic E-state index is 0.00567. The molecule has 2 aromatic heterocycles. The summed E-state index contributed by atoms with van der Waals surface area (Å²) in [6, 6.07) is 9.20. The van der Waals surface area contributed by atoms with Gasteiger partial charge >= 0.3 is 12.4 Å². The van der Waals surface area contributed by atoms with Crippen LogP contribution in [0.1, 0.15) is 59.4 Å². The van der Waals surface area contributed by atoms with E-state index in [0.29, 0.717) is 18.4 Å². The first-order valence-corrected chi connectivity index (χ1v) is 10.5. The quantitative estimate of drug-likeness (QED) is 0.476. The maximum atomic E-state index is 13.0. The number of alkyl halides is 6. The molecule has 2 heterocycles. The lowest BCUT2D eigenvalue weighted by molar-refractivity contribution is -0.141. The minimum atomic E-state index is -4.64. The molecule has 1 fully saturated rings. The molecule has 4 nitrogen and oxygen atoms in total. The highest BCUT2D eigenvalue weighted by Gasteiger charge is 2.37. The molecule has 0 aliphatic heterocycles. The van der Waals surface area contributed by atoms with Crippen LogP contribution in [0.4, 0.5) is 26.3 Å². The lowest BCUT2D eigenvalue weighted by atomic mass is 9.69. The van der Waals surface area contributed by atoms with Crippen molar-refractivity contribution in [3.63, 3.8) is 0 Å². The molecule has 0 radical (unpaired) electrons. The summed E-state index contributed by atoms with van der Waals surface area (Å²) in [7, 11) is 0. The molecular formula is C23H21F6N3O. The second-order valence-corrected chi connectivity index (χ2v) is 8.36. The van der Waals surface area contributed by atoms with E-state index < -0.39 is 34.9 Å². The number of carbonyl (C=O) groups is 1. The predicted molar refractivity (Wildman–Crippen MR) is 109 cm³/mol. The van der Waals surface area contributed by atoms with Crippen LogP contribution >= 0.6 is 0 Å². The van der Waals surface area contributed by atoms with Crippen LogP contribution < -0.4 is 5.32 Å². The smallest absolute Gasteiger partial charge is 0.350 e. The van der Waals surface area contributed by atoms with E-state index in [9.17, 15) is 31.1 Å². The zero-order valence-electron chi connectivity index (χ0n) is 17.4. The Morgan fingerprint density at radius 2 is 1.61 bits per heavy atom. The summed E-state index contributed by atoms with van der Waals surface area (Å²) in [5, 5.41) is 2.80. The van der Waals surface area contributed by atoms with Crippen molar-refractivity contribution in [2.24, 2.45) is 0 Å². The average molecular weight is 469 g/mol. The minimum Gasteiger partial charge on any atom is -0.350 e. The van der Waals surface area contributed by atoms with Crippen molar-refractivity contribution in [1.29, 1.82) is 0 Å². The molecule has 3 aromatic rings. The average Bonchev–Trinajstić information content (AvgIpc) is 3.23. The summed E-state index contributed by atoms with van der Waals surface area (Å²) in [5.41, 5.74) is -1.70. The SMILES string of the molecule is O=C(NCC1(c2ccc(C(F)(F)F)cc2)CCCCC1)c1cccc2nc(C(F)(F)F)cn12. The second-order valence-electron chi connectivity index (χ2n) is 8.36. The molecule has 0 unspecified atom stereocenters. The summed E-state index contributed by atoms with van der Waals surface area (Å²) in [5.74, 6) is -0.580. The fourth-order valence-corrected chi connectivity index (χ4v) is 4.48. The van der Waals surface area contributed by atoms with Gasteiger partial charge in [0.25, 0.3) is 5.91 Å². The van der Waals surface area contributed by atoms with Gasteiger partial charge in [0.2, 0.25) is 0 Å². The van der Waals surface area contributed by atoms with Gasteiger partial charge in [0.05, 0.1) is 5.56 Å². The molecule has 1 aliphatic rings. The number of pyridine rings is 1. The van der Waals surface area contributed by atoms with Crippen molar-refractivity contribution in [1.82, 2.24) is 14.7 Å². The van der Waals surface area contributed by atoms with E-state index in [0.717, 1.165) is 42.0 Å². The molecule has 1 amide bonds. The molecule has 176 valence electrons. The number of halogens is 6. The fraction of sp³-hybridized carbons (Fsp3) is 0.391. The number of amides is 1. The van der Waals surface area contributed by atoms with Crippen LogP contribution in [0, 0.1) is 0 Å². The molecule has 33 heavy (non-hydrogen) atoms. The second kappa shape index (κ2) is 8.39. The van der Waals surface area contributed by atoms with Crippen molar-refractivity contribution in [3.05, 3.63) is 71.2 Å². The maximum Gasteiger partial charge on any atom is 0.434 e. The van der Waals surface area contributed by atoms with E-state index in [1.54, 1.807) is 0 Å². The fourth-order valence-electron chi connectivity index (χ4n) is 4.48. The van der Waals surface area contributed by atoms with Gasteiger partial charge in [-0.2, -0.15) is 26.3 Å². The monoisotopic (exact) mass is 469 g/mol. The normalized spacial score (nSPS) is 16.7. The maximum absolute atomic E-state index is 13.0. The highest BCUT2D eigenvalue weighted by atomic mass is 19.4. The molecule has 0 bridgehead atoms. The molecule has 4 rings (SSSR count). The third kappa shape index (κ3) is 4.69. The lowest BCUT2D eigenvalue weighted by Gasteiger charge is -2.38. The highest BCUT2D eigenvalue weighted by Crippen LogP contribution is 2.40. The van der Waals surface area contributed by atoms with E-state index in [-0.39, 0.29) is 17.9 Å². The Kier molecular flexibility index (Phi) is 5.88. The van der Waals surface area contributed by atoms with Gasteiger partial charge in [0.1, 0.15) is 11.3 Å². The molecule has 1 saturated carbocycles. The first-order valence-electron chi connectivity index (χ1n) is 10.5. The molecule has 1 aliphatic carbocycles. The van der Waals surface area contributed by atoms with Gasteiger partial charge in [-0.1, -0.05) is 37.5 Å². The summed E-state index contributed by atoms with van der Waals surface area (Å²) in [6.45, 7) is 0.161.